The third kappa shape index (κ3) is 3.89. The average molecular weight is 377 g/mol. The van der Waals surface area contributed by atoms with E-state index in [0.29, 0.717) is 11.6 Å². The van der Waals surface area contributed by atoms with Gasteiger partial charge >= 0.3 is 0 Å². The number of anilines is 2. The Morgan fingerprint density at radius 1 is 1.04 bits per heavy atom. The van der Waals surface area contributed by atoms with E-state index in [2.05, 4.69) is 32.1 Å². The lowest BCUT2D eigenvalue weighted by Crippen LogP contribution is -2.44. The molecule has 0 radical (unpaired) electrons. The number of aromatic nitrogens is 2. The molecule has 3 heterocycles. The van der Waals surface area contributed by atoms with E-state index >= 15 is 0 Å². The van der Waals surface area contributed by atoms with Gasteiger partial charge in [0.25, 0.3) is 5.91 Å². The summed E-state index contributed by atoms with van der Waals surface area (Å²) in [5.74, 6) is 0.594. The van der Waals surface area contributed by atoms with Crippen molar-refractivity contribution in [2.45, 2.75) is 6.92 Å². The molecule has 0 unspecified atom stereocenters. The minimum absolute atomic E-state index is 0.244. The van der Waals surface area contributed by atoms with Gasteiger partial charge in [-0.2, -0.15) is 0 Å². The Morgan fingerprint density at radius 3 is 2.46 bits per heavy atom. The van der Waals surface area contributed by atoms with E-state index in [4.69, 9.17) is 4.42 Å². The summed E-state index contributed by atoms with van der Waals surface area (Å²) in [5.41, 5.74) is 3.26. The van der Waals surface area contributed by atoms with Crippen LogP contribution in [0.4, 0.5) is 11.5 Å². The van der Waals surface area contributed by atoms with Crippen LogP contribution in [0.15, 0.2) is 53.4 Å². The Hall–Kier alpha value is -3.19. The van der Waals surface area contributed by atoms with Gasteiger partial charge in [-0.25, -0.2) is 9.97 Å². The maximum atomic E-state index is 12.7. The lowest BCUT2D eigenvalue weighted by molar-refractivity contribution is 0.102. The minimum Gasteiger partial charge on any atom is -0.443 e. The number of nitrogens with one attached hydrogen (secondary N) is 1. The van der Waals surface area contributed by atoms with E-state index in [0.717, 1.165) is 43.0 Å². The number of aryl methyl sites for hydroxylation is 1. The van der Waals surface area contributed by atoms with E-state index < -0.39 is 0 Å². The van der Waals surface area contributed by atoms with Gasteiger partial charge in [-0.1, -0.05) is 29.8 Å². The number of hydrogen-bond donors (Lipinski definition) is 1. The highest BCUT2D eigenvalue weighted by atomic mass is 16.3. The summed E-state index contributed by atoms with van der Waals surface area (Å²) in [6.45, 7) is 6.03. The summed E-state index contributed by atoms with van der Waals surface area (Å²) in [7, 11) is 2.13. The molecule has 0 bridgehead atoms. The van der Waals surface area contributed by atoms with Crippen LogP contribution >= 0.6 is 0 Å². The molecule has 1 aromatic carbocycles. The average Bonchev–Trinajstić information content (AvgIpc) is 3.20. The predicted octanol–water partition coefficient (Wildman–Crippen LogP) is 3.05. The fourth-order valence-electron chi connectivity index (χ4n) is 3.20. The third-order valence-electron chi connectivity index (χ3n) is 4.95. The van der Waals surface area contributed by atoms with Crippen LogP contribution < -0.4 is 10.2 Å². The zero-order chi connectivity index (χ0) is 19.5. The highest BCUT2D eigenvalue weighted by Crippen LogP contribution is 2.24. The molecule has 7 nitrogen and oxygen atoms in total. The number of amides is 1. The zero-order valence-electron chi connectivity index (χ0n) is 16.1. The van der Waals surface area contributed by atoms with Crippen molar-refractivity contribution in [3.8, 4) is 11.3 Å². The summed E-state index contributed by atoms with van der Waals surface area (Å²) in [5, 5.41) is 2.80. The fraction of sp³-hybridized carbons (Fsp3) is 0.286. The van der Waals surface area contributed by atoms with Crippen LogP contribution in [0.2, 0.25) is 0 Å². The highest BCUT2D eigenvalue weighted by Gasteiger charge is 2.19. The van der Waals surface area contributed by atoms with Gasteiger partial charge < -0.3 is 19.5 Å². The molecular formula is C21H23N5O2. The molecule has 0 atom stereocenters. The van der Waals surface area contributed by atoms with Gasteiger partial charge in [-0.05, 0) is 26.1 Å². The third-order valence-corrected chi connectivity index (χ3v) is 4.95. The van der Waals surface area contributed by atoms with E-state index in [1.54, 1.807) is 6.20 Å². The van der Waals surface area contributed by atoms with Crippen molar-refractivity contribution >= 4 is 17.4 Å². The molecule has 4 rings (SSSR count). The molecule has 28 heavy (non-hydrogen) atoms. The van der Waals surface area contributed by atoms with Crippen molar-refractivity contribution in [1.29, 1.82) is 0 Å². The topological polar surface area (TPSA) is 74.5 Å². The molecule has 1 aliphatic rings. The number of carbonyl (C=O) groups is 1. The quantitative estimate of drug-likeness (QED) is 0.753. The number of pyridine rings is 1. The van der Waals surface area contributed by atoms with Crippen LogP contribution in [0.5, 0.6) is 0 Å². The summed E-state index contributed by atoms with van der Waals surface area (Å²) in [6.07, 6.45) is 3.08. The van der Waals surface area contributed by atoms with Crippen molar-refractivity contribution in [2.75, 3.05) is 43.4 Å². The van der Waals surface area contributed by atoms with Gasteiger partial charge in [0.15, 0.2) is 17.8 Å². The van der Waals surface area contributed by atoms with Gasteiger partial charge in [0.05, 0.1) is 11.9 Å². The SMILES string of the molecule is Cc1ccc(-c2ocnc2C(=O)Nc2ccc(N3CCN(C)CC3)cn2)cc1. The monoisotopic (exact) mass is 377 g/mol. The maximum absolute atomic E-state index is 12.7. The van der Waals surface area contributed by atoms with Gasteiger partial charge in [-0.15, -0.1) is 0 Å². The number of benzene rings is 1. The molecule has 2 aromatic heterocycles. The first-order valence-electron chi connectivity index (χ1n) is 9.31. The fourth-order valence-corrected chi connectivity index (χ4v) is 3.20. The van der Waals surface area contributed by atoms with Crippen molar-refractivity contribution in [3.05, 3.63) is 60.2 Å². The number of rotatable bonds is 4. The number of piperazine rings is 1. The van der Waals surface area contributed by atoms with E-state index in [9.17, 15) is 4.79 Å². The second-order valence-electron chi connectivity index (χ2n) is 7.04. The molecule has 1 amide bonds. The molecule has 1 aliphatic heterocycles. The molecule has 0 aliphatic carbocycles. The Bertz CT molecular complexity index is 942. The molecular weight excluding hydrogens is 354 g/mol. The van der Waals surface area contributed by atoms with Crippen molar-refractivity contribution in [2.24, 2.45) is 0 Å². The van der Waals surface area contributed by atoms with Crippen LogP contribution in [0.1, 0.15) is 16.1 Å². The first kappa shape index (κ1) is 18.2. The second-order valence-corrected chi connectivity index (χ2v) is 7.04. The number of oxazole rings is 1. The van der Waals surface area contributed by atoms with Crippen LogP contribution in [0.25, 0.3) is 11.3 Å². The van der Waals surface area contributed by atoms with Crippen LogP contribution in [-0.2, 0) is 0 Å². The Morgan fingerprint density at radius 2 is 1.79 bits per heavy atom. The van der Waals surface area contributed by atoms with Crippen molar-refractivity contribution in [1.82, 2.24) is 14.9 Å². The van der Waals surface area contributed by atoms with Gasteiger partial charge in [0, 0.05) is 31.7 Å². The number of carbonyl (C=O) groups excluding carboxylic acids is 1. The largest absolute Gasteiger partial charge is 0.443 e. The summed E-state index contributed by atoms with van der Waals surface area (Å²) < 4.78 is 5.45. The van der Waals surface area contributed by atoms with Gasteiger partial charge in [-0.3, -0.25) is 4.79 Å². The molecule has 7 heteroatoms. The standard InChI is InChI=1S/C21H23N5O2/c1-15-3-5-16(6-4-15)20-19(23-14-28-20)21(27)24-18-8-7-17(13-22-18)26-11-9-25(2)10-12-26/h3-8,13-14H,9-12H2,1-2H3,(H,22,24,27). The van der Waals surface area contributed by atoms with E-state index in [-0.39, 0.29) is 11.6 Å². The Kier molecular flexibility index (Phi) is 5.08. The maximum Gasteiger partial charge on any atom is 0.279 e. The predicted molar refractivity (Wildman–Crippen MR) is 109 cm³/mol. The van der Waals surface area contributed by atoms with Crippen LogP contribution in [0.3, 0.4) is 0 Å². The molecule has 1 saturated heterocycles. The molecule has 144 valence electrons. The smallest absolute Gasteiger partial charge is 0.279 e. The summed E-state index contributed by atoms with van der Waals surface area (Å²) >= 11 is 0. The normalized spacial score (nSPS) is 14.9. The lowest BCUT2D eigenvalue weighted by Gasteiger charge is -2.33. The Balaban J connectivity index is 1.46. The molecule has 1 fully saturated rings. The first-order valence-corrected chi connectivity index (χ1v) is 9.31. The molecule has 1 N–H and O–H groups in total. The first-order chi connectivity index (χ1) is 13.6. The Labute approximate surface area is 164 Å². The highest BCUT2D eigenvalue weighted by molar-refractivity contribution is 6.05. The van der Waals surface area contributed by atoms with Crippen LogP contribution in [-0.4, -0.2) is 54.0 Å². The number of nitrogens with zero attached hydrogens (tertiary/aromatic N) is 4. The summed E-state index contributed by atoms with van der Waals surface area (Å²) in [4.78, 5) is 25.8. The molecule has 0 saturated carbocycles. The second kappa shape index (κ2) is 7.82. The minimum atomic E-state index is -0.343. The van der Waals surface area contributed by atoms with Crippen molar-refractivity contribution in [3.63, 3.8) is 0 Å². The number of hydrogen-bond acceptors (Lipinski definition) is 6. The zero-order valence-corrected chi connectivity index (χ0v) is 16.1. The summed E-state index contributed by atoms with van der Waals surface area (Å²) in [6, 6.07) is 11.6. The van der Waals surface area contributed by atoms with Crippen LogP contribution in [0, 0.1) is 6.92 Å². The molecule has 3 aromatic rings. The molecule has 0 spiro atoms. The van der Waals surface area contributed by atoms with Gasteiger partial charge in [0.1, 0.15) is 5.82 Å². The number of likely N-dealkylation sites (N-methyl/N-ethyl adjacent to an activating group) is 1. The lowest BCUT2D eigenvalue weighted by atomic mass is 10.1. The van der Waals surface area contributed by atoms with Gasteiger partial charge in [0.2, 0.25) is 0 Å². The van der Waals surface area contributed by atoms with E-state index in [1.165, 1.54) is 6.39 Å². The van der Waals surface area contributed by atoms with Crippen molar-refractivity contribution < 1.29 is 9.21 Å². The van der Waals surface area contributed by atoms with E-state index in [1.807, 2.05) is 43.3 Å².